The first kappa shape index (κ1) is 19.3. The number of methoxy groups -OCH3 is 1. The van der Waals surface area contributed by atoms with Gasteiger partial charge in [-0.25, -0.2) is 0 Å². The molecule has 0 saturated heterocycles. The quantitative estimate of drug-likeness (QED) is 0.593. The van der Waals surface area contributed by atoms with Gasteiger partial charge in [0.25, 0.3) is 11.8 Å². The van der Waals surface area contributed by atoms with Crippen LogP contribution in [0.4, 0.5) is 0 Å². The van der Waals surface area contributed by atoms with Crippen molar-refractivity contribution in [3.05, 3.63) is 64.7 Å². The zero-order valence-corrected chi connectivity index (χ0v) is 14.7. The fourth-order valence-electron chi connectivity index (χ4n) is 1.94. The highest BCUT2D eigenvalue weighted by Gasteiger charge is 2.10. The smallest absolute Gasteiger partial charge is 0.310 e. The molecule has 2 N–H and O–H groups in total. The summed E-state index contributed by atoms with van der Waals surface area (Å²) < 4.78 is 9.89. The lowest BCUT2D eigenvalue weighted by atomic mass is 10.1. The van der Waals surface area contributed by atoms with Gasteiger partial charge in [0.15, 0.2) is 6.61 Å². The number of esters is 1. The molecule has 0 aliphatic carbocycles. The summed E-state index contributed by atoms with van der Waals surface area (Å²) in [6.07, 6.45) is 0.0222. The Balaban J connectivity index is 1.71. The van der Waals surface area contributed by atoms with Gasteiger partial charge in [0.1, 0.15) is 5.75 Å². The minimum Gasteiger partial charge on any atom is -0.497 e. The highest BCUT2D eigenvalue weighted by molar-refractivity contribution is 6.30. The molecule has 0 fully saturated rings. The lowest BCUT2D eigenvalue weighted by molar-refractivity contribution is -0.148. The van der Waals surface area contributed by atoms with Gasteiger partial charge in [0.05, 0.1) is 13.5 Å². The normalized spacial score (nSPS) is 9.92. The molecule has 0 aliphatic heterocycles. The van der Waals surface area contributed by atoms with Gasteiger partial charge in [-0.1, -0.05) is 23.7 Å². The molecular weight excluding hydrogens is 360 g/mol. The van der Waals surface area contributed by atoms with E-state index in [1.54, 1.807) is 43.5 Å². The highest BCUT2D eigenvalue weighted by Crippen LogP contribution is 2.12. The van der Waals surface area contributed by atoms with Crippen molar-refractivity contribution in [1.82, 2.24) is 10.9 Å². The predicted octanol–water partition coefficient (Wildman–Crippen LogP) is 1.90. The van der Waals surface area contributed by atoms with Crippen molar-refractivity contribution in [2.75, 3.05) is 13.7 Å². The van der Waals surface area contributed by atoms with Crippen LogP contribution in [0.5, 0.6) is 5.75 Å². The van der Waals surface area contributed by atoms with Gasteiger partial charge in [0, 0.05) is 10.6 Å². The average molecular weight is 377 g/mol. The monoisotopic (exact) mass is 376 g/mol. The molecular formula is C18H17ClN2O5. The number of halogens is 1. The van der Waals surface area contributed by atoms with E-state index in [4.69, 9.17) is 21.1 Å². The lowest BCUT2D eigenvalue weighted by Gasteiger charge is -2.08. The molecule has 2 rings (SSSR count). The summed E-state index contributed by atoms with van der Waals surface area (Å²) in [6, 6.07) is 13.0. The standard InChI is InChI=1S/C18H17ClN2O5/c1-25-15-8-2-12(3-9-15)10-17(23)26-11-16(22)20-21-18(24)13-4-6-14(19)7-5-13/h2-9H,10-11H2,1H3,(H,20,22)(H,21,24). The second-order valence-corrected chi connectivity index (χ2v) is 5.63. The van der Waals surface area contributed by atoms with E-state index in [0.717, 1.165) is 5.56 Å². The zero-order chi connectivity index (χ0) is 18.9. The number of hydrogen-bond acceptors (Lipinski definition) is 5. The van der Waals surface area contributed by atoms with Crippen LogP contribution in [0.25, 0.3) is 0 Å². The van der Waals surface area contributed by atoms with E-state index in [9.17, 15) is 14.4 Å². The molecule has 0 aromatic heterocycles. The van der Waals surface area contributed by atoms with Crippen LogP contribution in [0.3, 0.4) is 0 Å². The Labute approximate surface area is 155 Å². The van der Waals surface area contributed by atoms with Crippen molar-refractivity contribution >= 4 is 29.4 Å². The van der Waals surface area contributed by atoms with E-state index >= 15 is 0 Å². The van der Waals surface area contributed by atoms with Gasteiger partial charge in [-0.05, 0) is 42.0 Å². The number of nitrogens with one attached hydrogen (secondary N) is 2. The van der Waals surface area contributed by atoms with Gasteiger partial charge in [-0.3, -0.25) is 25.2 Å². The van der Waals surface area contributed by atoms with E-state index in [1.165, 1.54) is 12.1 Å². The summed E-state index contributed by atoms with van der Waals surface area (Å²) in [6.45, 7) is -0.504. The Morgan fingerprint density at radius 2 is 1.62 bits per heavy atom. The largest absolute Gasteiger partial charge is 0.497 e. The molecule has 26 heavy (non-hydrogen) atoms. The molecule has 7 nitrogen and oxygen atoms in total. The Kier molecular flexibility index (Phi) is 6.99. The van der Waals surface area contributed by atoms with Crippen LogP contribution in [0, 0.1) is 0 Å². The summed E-state index contributed by atoms with van der Waals surface area (Å²) in [4.78, 5) is 35.2. The topological polar surface area (TPSA) is 93.7 Å². The van der Waals surface area contributed by atoms with E-state index in [1.807, 2.05) is 0 Å². The molecule has 0 aliphatic rings. The zero-order valence-electron chi connectivity index (χ0n) is 14.0. The number of hydrogen-bond donors (Lipinski definition) is 2. The van der Waals surface area contributed by atoms with E-state index in [2.05, 4.69) is 10.9 Å². The summed E-state index contributed by atoms with van der Waals surface area (Å²) >= 11 is 5.73. The van der Waals surface area contributed by atoms with Crippen molar-refractivity contribution in [1.29, 1.82) is 0 Å². The van der Waals surface area contributed by atoms with E-state index in [-0.39, 0.29) is 6.42 Å². The van der Waals surface area contributed by atoms with Crippen molar-refractivity contribution in [2.24, 2.45) is 0 Å². The second kappa shape index (κ2) is 9.43. The van der Waals surface area contributed by atoms with Gasteiger partial charge < -0.3 is 9.47 Å². The Morgan fingerprint density at radius 1 is 0.962 bits per heavy atom. The molecule has 2 amide bonds. The van der Waals surface area contributed by atoms with Crippen molar-refractivity contribution in [2.45, 2.75) is 6.42 Å². The van der Waals surface area contributed by atoms with Crippen LogP contribution >= 0.6 is 11.6 Å². The first-order valence-corrected chi connectivity index (χ1v) is 7.99. The molecule has 0 radical (unpaired) electrons. The maximum atomic E-state index is 11.8. The van der Waals surface area contributed by atoms with Gasteiger partial charge in [0.2, 0.25) is 0 Å². The first-order valence-electron chi connectivity index (χ1n) is 7.61. The molecule has 136 valence electrons. The summed E-state index contributed by atoms with van der Waals surface area (Å²) in [5.74, 6) is -1.05. The SMILES string of the molecule is COc1ccc(CC(=O)OCC(=O)NNC(=O)c2ccc(Cl)cc2)cc1. The molecule has 0 atom stereocenters. The van der Waals surface area contributed by atoms with Gasteiger partial charge in [-0.2, -0.15) is 0 Å². The minimum absolute atomic E-state index is 0.0222. The molecule has 2 aromatic carbocycles. The first-order chi connectivity index (χ1) is 12.5. The van der Waals surface area contributed by atoms with Crippen molar-refractivity contribution < 1.29 is 23.9 Å². The number of amides is 2. The predicted molar refractivity (Wildman–Crippen MR) is 94.7 cm³/mol. The molecule has 0 bridgehead atoms. The van der Waals surface area contributed by atoms with Crippen LogP contribution < -0.4 is 15.6 Å². The Morgan fingerprint density at radius 3 is 2.23 bits per heavy atom. The molecule has 0 saturated carbocycles. The van der Waals surface area contributed by atoms with Crippen LogP contribution in [0.1, 0.15) is 15.9 Å². The highest BCUT2D eigenvalue weighted by atomic mass is 35.5. The third-order valence-corrected chi connectivity index (χ3v) is 3.55. The van der Waals surface area contributed by atoms with Crippen LogP contribution in [0.2, 0.25) is 5.02 Å². The minimum atomic E-state index is -0.657. The Bertz CT molecular complexity index is 775. The number of benzene rings is 2. The van der Waals surface area contributed by atoms with E-state index in [0.29, 0.717) is 16.3 Å². The maximum Gasteiger partial charge on any atom is 0.310 e. The number of ether oxygens (including phenoxy) is 2. The third kappa shape index (κ3) is 6.10. The lowest BCUT2D eigenvalue weighted by Crippen LogP contribution is -2.43. The maximum absolute atomic E-state index is 11.8. The summed E-state index contributed by atoms with van der Waals surface area (Å²) in [7, 11) is 1.55. The van der Waals surface area contributed by atoms with Gasteiger partial charge in [-0.15, -0.1) is 0 Å². The number of hydrazine groups is 1. The van der Waals surface area contributed by atoms with Crippen molar-refractivity contribution in [3.8, 4) is 5.75 Å². The fourth-order valence-corrected chi connectivity index (χ4v) is 2.07. The van der Waals surface area contributed by atoms with Gasteiger partial charge >= 0.3 is 5.97 Å². The third-order valence-electron chi connectivity index (χ3n) is 3.29. The fraction of sp³-hybridized carbons (Fsp3) is 0.167. The molecule has 2 aromatic rings. The second-order valence-electron chi connectivity index (χ2n) is 5.19. The Hall–Kier alpha value is -3.06. The number of carbonyl (C=O) groups is 3. The molecule has 8 heteroatoms. The summed E-state index contributed by atoms with van der Waals surface area (Å²) in [5.41, 5.74) is 5.44. The molecule has 0 spiro atoms. The van der Waals surface area contributed by atoms with Crippen LogP contribution in [-0.4, -0.2) is 31.5 Å². The van der Waals surface area contributed by atoms with E-state index < -0.39 is 24.4 Å². The number of carbonyl (C=O) groups excluding carboxylic acids is 3. The average Bonchev–Trinajstić information content (AvgIpc) is 2.65. The van der Waals surface area contributed by atoms with Crippen molar-refractivity contribution in [3.63, 3.8) is 0 Å². The van der Waals surface area contributed by atoms with Crippen LogP contribution in [-0.2, 0) is 20.7 Å². The molecule has 0 unspecified atom stereocenters. The number of rotatable bonds is 6. The molecule has 0 heterocycles. The van der Waals surface area contributed by atoms with Crippen LogP contribution in [0.15, 0.2) is 48.5 Å². The summed E-state index contributed by atoms with van der Waals surface area (Å²) in [5, 5.41) is 0.495.